The van der Waals surface area contributed by atoms with Crippen LogP contribution >= 0.6 is 11.6 Å². The van der Waals surface area contributed by atoms with Crippen LogP contribution in [0.15, 0.2) is 17.7 Å². The molecule has 0 saturated heterocycles. The summed E-state index contributed by atoms with van der Waals surface area (Å²) in [6.07, 6.45) is 2.07. The van der Waals surface area contributed by atoms with Gasteiger partial charge in [-0.2, -0.15) is 0 Å². The van der Waals surface area contributed by atoms with Crippen LogP contribution in [0.1, 0.15) is 19.4 Å². The summed E-state index contributed by atoms with van der Waals surface area (Å²) in [7, 11) is 3.51. The summed E-state index contributed by atoms with van der Waals surface area (Å²) in [5.41, 5.74) is 2.23. The number of likely N-dealkylation sites (N-methyl/N-ethyl adjacent to an activating group) is 1. The lowest BCUT2D eigenvalue weighted by molar-refractivity contribution is 0.311. The van der Waals surface area contributed by atoms with Crippen LogP contribution in [0.25, 0.3) is 6.08 Å². The first-order valence-corrected chi connectivity index (χ1v) is 6.32. The average molecular weight is 270 g/mol. The van der Waals surface area contributed by atoms with E-state index in [2.05, 4.69) is 18.3 Å². The standard InChI is InChI=1S/C14H20ClNO2/c1-5-18-13-8-11(6-10(2)9-16-3)7-12(15)14(13)17-4/h6-8,16H,5,9H2,1-4H3. The van der Waals surface area contributed by atoms with Crippen molar-refractivity contribution in [3.63, 3.8) is 0 Å². The minimum absolute atomic E-state index is 0.562. The Morgan fingerprint density at radius 2 is 2.17 bits per heavy atom. The second-order valence-corrected chi connectivity index (χ2v) is 4.40. The van der Waals surface area contributed by atoms with Crippen LogP contribution in [0.3, 0.4) is 0 Å². The molecule has 0 aliphatic carbocycles. The molecule has 1 N–H and O–H groups in total. The molecule has 1 aromatic rings. The van der Waals surface area contributed by atoms with E-state index in [0.29, 0.717) is 23.1 Å². The molecule has 18 heavy (non-hydrogen) atoms. The lowest BCUT2D eigenvalue weighted by Gasteiger charge is -2.12. The monoisotopic (exact) mass is 269 g/mol. The maximum atomic E-state index is 6.18. The molecule has 0 heterocycles. The zero-order chi connectivity index (χ0) is 13.5. The molecular weight excluding hydrogens is 250 g/mol. The van der Waals surface area contributed by atoms with E-state index in [-0.39, 0.29) is 0 Å². The van der Waals surface area contributed by atoms with Crippen LogP contribution in [0.2, 0.25) is 5.02 Å². The van der Waals surface area contributed by atoms with Crippen molar-refractivity contribution in [1.82, 2.24) is 5.32 Å². The Labute approximate surface area is 114 Å². The number of rotatable bonds is 6. The van der Waals surface area contributed by atoms with Gasteiger partial charge in [0.1, 0.15) is 0 Å². The Balaban J connectivity index is 3.11. The van der Waals surface area contributed by atoms with E-state index >= 15 is 0 Å². The first-order valence-electron chi connectivity index (χ1n) is 5.94. The lowest BCUT2D eigenvalue weighted by Crippen LogP contribution is -2.08. The summed E-state index contributed by atoms with van der Waals surface area (Å²) in [5.74, 6) is 1.26. The summed E-state index contributed by atoms with van der Waals surface area (Å²) in [6.45, 7) is 5.42. The van der Waals surface area contributed by atoms with Crippen molar-refractivity contribution in [1.29, 1.82) is 0 Å². The van der Waals surface area contributed by atoms with Crippen molar-refractivity contribution < 1.29 is 9.47 Å². The van der Waals surface area contributed by atoms with Gasteiger partial charge in [-0.05, 0) is 38.6 Å². The molecule has 0 atom stereocenters. The highest BCUT2D eigenvalue weighted by atomic mass is 35.5. The molecule has 0 amide bonds. The second-order valence-electron chi connectivity index (χ2n) is 3.99. The van der Waals surface area contributed by atoms with Crippen molar-refractivity contribution in [2.24, 2.45) is 0 Å². The molecule has 0 unspecified atom stereocenters. The van der Waals surface area contributed by atoms with Crippen LogP contribution in [0.4, 0.5) is 0 Å². The van der Waals surface area contributed by atoms with E-state index in [1.165, 1.54) is 5.57 Å². The number of halogens is 1. The Kier molecular flexibility index (Phi) is 6.02. The van der Waals surface area contributed by atoms with Gasteiger partial charge >= 0.3 is 0 Å². The Bertz CT molecular complexity index is 430. The van der Waals surface area contributed by atoms with Crippen molar-refractivity contribution >= 4 is 17.7 Å². The summed E-state index contributed by atoms with van der Waals surface area (Å²) in [5, 5.41) is 3.67. The first kappa shape index (κ1) is 14.9. The van der Waals surface area contributed by atoms with Crippen LogP contribution < -0.4 is 14.8 Å². The molecule has 0 bridgehead atoms. The SMILES string of the molecule is CCOc1cc(C=C(C)CNC)cc(Cl)c1OC. The summed E-state index contributed by atoms with van der Waals surface area (Å²) in [4.78, 5) is 0. The van der Waals surface area contributed by atoms with Gasteiger partial charge in [0.25, 0.3) is 0 Å². The van der Waals surface area contributed by atoms with E-state index in [4.69, 9.17) is 21.1 Å². The van der Waals surface area contributed by atoms with Crippen molar-refractivity contribution in [2.75, 3.05) is 27.3 Å². The highest BCUT2D eigenvalue weighted by molar-refractivity contribution is 6.32. The van der Waals surface area contributed by atoms with E-state index < -0.39 is 0 Å². The molecule has 0 radical (unpaired) electrons. The molecule has 100 valence electrons. The molecule has 1 rings (SSSR count). The van der Waals surface area contributed by atoms with E-state index in [1.807, 2.05) is 26.1 Å². The largest absolute Gasteiger partial charge is 0.491 e. The summed E-state index contributed by atoms with van der Waals surface area (Å²) >= 11 is 6.18. The number of hydrogen-bond donors (Lipinski definition) is 1. The Morgan fingerprint density at radius 1 is 1.44 bits per heavy atom. The van der Waals surface area contributed by atoms with Gasteiger partial charge in [-0.1, -0.05) is 23.3 Å². The number of ether oxygens (including phenoxy) is 2. The fourth-order valence-corrected chi connectivity index (χ4v) is 2.04. The van der Waals surface area contributed by atoms with Crippen LogP contribution in [-0.2, 0) is 0 Å². The van der Waals surface area contributed by atoms with Gasteiger partial charge in [0, 0.05) is 6.54 Å². The zero-order valence-electron chi connectivity index (χ0n) is 11.3. The van der Waals surface area contributed by atoms with Gasteiger partial charge in [-0.25, -0.2) is 0 Å². The minimum Gasteiger partial charge on any atom is -0.491 e. The number of benzene rings is 1. The van der Waals surface area contributed by atoms with Crippen LogP contribution in [-0.4, -0.2) is 27.3 Å². The molecule has 4 heteroatoms. The third-order valence-electron chi connectivity index (χ3n) is 2.40. The van der Waals surface area contributed by atoms with Gasteiger partial charge < -0.3 is 14.8 Å². The fourth-order valence-electron chi connectivity index (χ4n) is 1.75. The molecular formula is C14H20ClNO2. The molecule has 0 fully saturated rings. The number of nitrogens with one attached hydrogen (secondary N) is 1. The Hall–Kier alpha value is -1.19. The van der Waals surface area contributed by atoms with Crippen LogP contribution in [0.5, 0.6) is 11.5 Å². The molecule has 0 spiro atoms. The van der Waals surface area contributed by atoms with Crippen molar-refractivity contribution in [3.8, 4) is 11.5 Å². The quantitative estimate of drug-likeness (QED) is 0.859. The molecule has 0 aliphatic rings. The van der Waals surface area contributed by atoms with Crippen molar-refractivity contribution in [2.45, 2.75) is 13.8 Å². The molecule has 0 aliphatic heterocycles. The van der Waals surface area contributed by atoms with Gasteiger partial charge in [0.15, 0.2) is 11.5 Å². The van der Waals surface area contributed by atoms with Crippen molar-refractivity contribution in [3.05, 3.63) is 28.3 Å². The number of methoxy groups -OCH3 is 1. The second kappa shape index (κ2) is 7.29. The maximum absolute atomic E-state index is 6.18. The van der Waals surface area contributed by atoms with Gasteiger partial charge in [0.05, 0.1) is 18.7 Å². The third kappa shape index (κ3) is 3.93. The molecule has 3 nitrogen and oxygen atoms in total. The maximum Gasteiger partial charge on any atom is 0.179 e. The fraction of sp³-hybridized carbons (Fsp3) is 0.429. The molecule has 0 saturated carbocycles. The smallest absolute Gasteiger partial charge is 0.179 e. The zero-order valence-corrected chi connectivity index (χ0v) is 12.1. The van der Waals surface area contributed by atoms with Gasteiger partial charge in [-0.15, -0.1) is 0 Å². The van der Waals surface area contributed by atoms with E-state index in [0.717, 1.165) is 12.1 Å². The van der Waals surface area contributed by atoms with Gasteiger partial charge in [-0.3, -0.25) is 0 Å². The van der Waals surface area contributed by atoms with Gasteiger partial charge in [0.2, 0.25) is 0 Å². The lowest BCUT2D eigenvalue weighted by atomic mass is 10.1. The average Bonchev–Trinajstić information content (AvgIpc) is 2.29. The normalized spacial score (nSPS) is 11.5. The third-order valence-corrected chi connectivity index (χ3v) is 2.69. The van der Waals surface area contributed by atoms with Crippen LogP contribution in [0, 0.1) is 0 Å². The molecule has 0 aromatic heterocycles. The highest BCUT2D eigenvalue weighted by Gasteiger charge is 2.10. The number of hydrogen-bond acceptors (Lipinski definition) is 3. The topological polar surface area (TPSA) is 30.5 Å². The summed E-state index contributed by atoms with van der Waals surface area (Å²) < 4.78 is 10.8. The Morgan fingerprint density at radius 3 is 2.72 bits per heavy atom. The predicted octanol–water partition coefficient (Wildman–Crippen LogP) is 3.37. The van der Waals surface area contributed by atoms with E-state index in [1.54, 1.807) is 7.11 Å². The van der Waals surface area contributed by atoms with E-state index in [9.17, 15) is 0 Å². The minimum atomic E-state index is 0.562. The summed E-state index contributed by atoms with van der Waals surface area (Å²) in [6, 6.07) is 3.81. The highest BCUT2D eigenvalue weighted by Crippen LogP contribution is 2.36. The first-order chi connectivity index (χ1) is 8.62. The predicted molar refractivity (Wildman–Crippen MR) is 76.8 cm³/mol. The molecule has 1 aromatic carbocycles.